The summed E-state index contributed by atoms with van der Waals surface area (Å²) in [5.41, 5.74) is -0.178. The molecule has 1 aliphatic heterocycles. The van der Waals surface area contributed by atoms with Crippen LogP contribution in [-0.4, -0.2) is 38.9 Å². The van der Waals surface area contributed by atoms with Gasteiger partial charge in [-0.05, 0) is 32.7 Å². The lowest BCUT2D eigenvalue weighted by Gasteiger charge is -2.28. The van der Waals surface area contributed by atoms with Crippen LogP contribution in [0.2, 0.25) is 0 Å². The number of hydrogen-bond acceptors (Lipinski definition) is 4. The number of nitrogens with one attached hydrogen (secondary N) is 1. The van der Waals surface area contributed by atoms with Gasteiger partial charge in [0, 0.05) is 13.7 Å². The number of carbonyl (C=O) groups excluding carboxylic acids is 1. The van der Waals surface area contributed by atoms with Crippen molar-refractivity contribution in [1.82, 2.24) is 5.32 Å². The van der Waals surface area contributed by atoms with Crippen molar-refractivity contribution in [1.29, 1.82) is 0 Å². The fourth-order valence-corrected chi connectivity index (χ4v) is 2.09. The van der Waals surface area contributed by atoms with Crippen molar-refractivity contribution < 1.29 is 14.3 Å². The van der Waals surface area contributed by atoms with Crippen molar-refractivity contribution in [3.05, 3.63) is 0 Å². The predicted octanol–water partition coefficient (Wildman–Crippen LogP) is 0.810. The number of rotatable bonds is 4. The van der Waals surface area contributed by atoms with Gasteiger partial charge in [-0.3, -0.25) is 4.79 Å². The van der Waals surface area contributed by atoms with E-state index in [0.29, 0.717) is 5.92 Å². The normalized spacial score (nSPS) is 26.7. The van der Waals surface area contributed by atoms with Crippen molar-refractivity contribution in [3.8, 4) is 0 Å². The van der Waals surface area contributed by atoms with Gasteiger partial charge in [-0.2, -0.15) is 0 Å². The van der Waals surface area contributed by atoms with Gasteiger partial charge in [0.2, 0.25) is 0 Å². The number of esters is 1. The summed E-state index contributed by atoms with van der Waals surface area (Å²) in [7, 11) is 3.15. The van der Waals surface area contributed by atoms with Crippen LogP contribution in [0.1, 0.15) is 20.3 Å². The molecule has 0 bridgehead atoms. The van der Waals surface area contributed by atoms with Crippen LogP contribution in [0, 0.1) is 11.8 Å². The molecule has 1 saturated heterocycles. The second kappa shape index (κ2) is 4.94. The van der Waals surface area contributed by atoms with Crippen LogP contribution in [0.25, 0.3) is 0 Å². The maximum atomic E-state index is 11.5. The summed E-state index contributed by atoms with van der Waals surface area (Å²) in [6.45, 7) is 5.67. The van der Waals surface area contributed by atoms with Crippen molar-refractivity contribution >= 4 is 5.97 Å². The molecule has 0 aromatic rings. The molecule has 1 rings (SSSR count). The molecule has 0 spiro atoms. The summed E-state index contributed by atoms with van der Waals surface area (Å²) in [4.78, 5) is 11.5. The Bertz CT molecular complexity index is 228. The molecule has 0 amide bonds. The van der Waals surface area contributed by atoms with Gasteiger partial charge >= 0.3 is 5.97 Å². The van der Waals surface area contributed by atoms with Crippen LogP contribution in [0.5, 0.6) is 0 Å². The van der Waals surface area contributed by atoms with Crippen LogP contribution < -0.4 is 5.32 Å². The molecule has 4 nitrogen and oxygen atoms in total. The molecule has 0 radical (unpaired) electrons. The van der Waals surface area contributed by atoms with E-state index in [2.05, 4.69) is 5.32 Å². The minimum atomic E-state index is -0.178. The third-order valence-electron chi connectivity index (χ3n) is 3.15. The first-order valence-corrected chi connectivity index (χ1v) is 5.34. The molecule has 1 aliphatic rings. The molecular formula is C11H21NO3. The van der Waals surface area contributed by atoms with Crippen molar-refractivity contribution in [2.45, 2.75) is 25.9 Å². The molecule has 1 fully saturated rings. The molecule has 1 N–H and O–H groups in total. The SMILES string of the molecule is COC(=O)C1CNCC1CC(C)(C)OC. The summed E-state index contributed by atoms with van der Waals surface area (Å²) >= 11 is 0. The first-order valence-electron chi connectivity index (χ1n) is 5.34. The highest BCUT2D eigenvalue weighted by Gasteiger charge is 2.37. The zero-order valence-corrected chi connectivity index (χ0v) is 10.0. The Balaban J connectivity index is 2.57. The number of ether oxygens (including phenoxy) is 2. The summed E-state index contributed by atoms with van der Waals surface area (Å²) < 4.78 is 10.2. The first-order chi connectivity index (χ1) is 7.00. The zero-order valence-electron chi connectivity index (χ0n) is 10.0. The molecule has 0 saturated carbocycles. The van der Waals surface area contributed by atoms with Crippen LogP contribution in [-0.2, 0) is 14.3 Å². The van der Waals surface area contributed by atoms with Crippen LogP contribution in [0.3, 0.4) is 0 Å². The molecule has 0 aromatic heterocycles. The quantitative estimate of drug-likeness (QED) is 0.705. The van der Waals surface area contributed by atoms with Gasteiger partial charge in [-0.15, -0.1) is 0 Å². The lowest BCUT2D eigenvalue weighted by Crippen LogP contribution is -2.32. The maximum Gasteiger partial charge on any atom is 0.310 e. The number of methoxy groups -OCH3 is 2. The van der Waals surface area contributed by atoms with Crippen molar-refractivity contribution in [2.24, 2.45) is 11.8 Å². The Morgan fingerprint density at radius 2 is 2.07 bits per heavy atom. The molecule has 1 heterocycles. The standard InChI is InChI=1S/C11H21NO3/c1-11(2,15-4)5-8-6-12-7-9(8)10(13)14-3/h8-9,12H,5-7H2,1-4H3. The Morgan fingerprint density at radius 1 is 1.40 bits per heavy atom. The van der Waals surface area contributed by atoms with Gasteiger partial charge < -0.3 is 14.8 Å². The molecule has 2 unspecified atom stereocenters. The number of hydrogen-bond donors (Lipinski definition) is 1. The molecule has 2 atom stereocenters. The largest absolute Gasteiger partial charge is 0.469 e. The fraction of sp³-hybridized carbons (Fsp3) is 0.909. The highest BCUT2D eigenvalue weighted by molar-refractivity contribution is 5.73. The van der Waals surface area contributed by atoms with Crippen LogP contribution >= 0.6 is 0 Å². The second-order valence-corrected chi connectivity index (χ2v) is 4.72. The highest BCUT2D eigenvalue weighted by Crippen LogP contribution is 2.28. The molecule has 15 heavy (non-hydrogen) atoms. The van der Waals surface area contributed by atoms with Gasteiger partial charge in [0.25, 0.3) is 0 Å². The molecule has 4 heteroatoms. The minimum Gasteiger partial charge on any atom is -0.469 e. The van der Waals surface area contributed by atoms with Gasteiger partial charge in [-0.1, -0.05) is 0 Å². The molecule has 0 aliphatic carbocycles. The van der Waals surface area contributed by atoms with Gasteiger partial charge in [0.15, 0.2) is 0 Å². The van der Waals surface area contributed by atoms with E-state index in [9.17, 15) is 4.79 Å². The lowest BCUT2D eigenvalue weighted by molar-refractivity contribution is -0.146. The van der Waals surface area contributed by atoms with E-state index < -0.39 is 0 Å². The monoisotopic (exact) mass is 215 g/mol. The van der Waals surface area contributed by atoms with E-state index in [1.165, 1.54) is 7.11 Å². The van der Waals surface area contributed by atoms with E-state index in [-0.39, 0.29) is 17.5 Å². The van der Waals surface area contributed by atoms with Gasteiger partial charge in [-0.25, -0.2) is 0 Å². The predicted molar refractivity (Wildman–Crippen MR) is 57.6 cm³/mol. The van der Waals surface area contributed by atoms with E-state index >= 15 is 0 Å². The summed E-state index contributed by atoms with van der Waals surface area (Å²) in [6, 6.07) is 0. The van der Waals surface area contributed by atoms with E-state index in [1.54, 1.807) is 7.11 Å². The summed E-state index contributed by atoms with van der Waals surface area (Å²) in [6.07, 6.45) is 0.871. The molecular weight excluding hydrogens is 194 g/mol. The zero-order chi connectivity index (χ0) is 11.5. The molecule has 88 valence electrons. The first kappa shape index (κ1) is 12.5. The van der Waals surface area contributed by atoms with Crippen LogP contribution in [0.15, 0.2) is 0 Å². The average Bonchev–Trinajstić information content (AvgIpc) is 2.64. The molecule has 0 aromatic carbocycles. The smallest absolute Gasteiger partial charge is 0.310 e. The lowest BCUT2D eigenvalue weighted by atomic mass is 9.86. The minimum absolute atomic E-state index is 0.0237. The van der Waals surface area contributed by atoms with Gasteiger partial charge in [0.1, 0.15) is 0 Å². The second-order valence-electron chi connectivity index (χ2n) is 4.72. The van der Waals surface area contributed by atoms with E-state index in [1.807, 2.05) is 13.8 Å². The average molecular weight is 215 g/mol. The number of carbonyl (C=O) groups is 1. The Kier molecular flexibility index (Phi) is 4.11. The maximum absolute atomic E-state index is 11.5. The Labute approximate surface area is 91.3 Å². The van der Waals surface area contributed by atoms with E-state index in [0.717, 1.165) is 19.5 Å². The summed E-state index contributed by atoms with van der Waals surface area (Å²) in [5, 5.41) is 3.23. The van der Waals surface area contributed by atoms with Crippen molar-refractivity contribution in [3.63, 3.8) is 0 Å². The van der Waals surface area contributed by atoms with Crippen molar-refractivity contribution in [2.75, 3.05) is 27.3 Å². The topological polar surface area (TPSA) is 47.6 Å². The third kappa shape index (κ3) is 3.18. The fourth-order valence-electron chi connectivity index (χ4n) is 2.09. The van der Waals surface area contributed by atoms with E-state index in [4.69, 9.17) is 9.47 Å². The van der Waals surface area contributed by atoms with Crippen LogP contribution in [0.4, 0.5) is 0 Å². The third-order valence-corrected chi connectivity index (χ3v) is 3.15. The Morgan fingerprint density at radius 3 is 2.60 bits per heavy atom. The van der Waals surface area contributed by atoms with Gasteiger partial charge in [0.05, 0.1) is 18.6 Å². The summed E-state index contributed by atoms with van der Waals surface area (Å²) in [5.74, 6) is 0.175. The highest BCUT2D eigenvalue weighted by atomic mass is 16.5. The Hall–Kier alpha value is -0.610.